The summed E-state index contributed by atoms with van der Waals surface area (Å²) < 4.78 is 2.00. The number of aryl methyl sites for hydroxylation is 1. The molecule has 0 saturated heterocycles. The maximum absolute atomic E-state index is 6.25. The summed E-state index contributed by atoms with van der Waals surface area (Å²) in [6.45, 7) is 4.75. The average molecular weight is 390 g/mol. The van der Waals surface area contributed by atoms with Gasteiger partial charge in [0.15, 0.2) is 0 Å². The smallest absolute Gasteiger partial charge is 0.135 e. The van der Waals surface area contributed by atoms with Gasteiger partial charge in [0.1, 0.15) is 12.1 Å². The normalized spacial score (nSPS) is 11.0. The third-order valence-electron chi connectivity index (χ3n) is 4.80. The van der Waals surface area contributed by atoms with Gasteiger partial charge in [-0.15, -0.1) is 0 Å². The second-order valence-corrected chi connectivity index (χ2v) is 7.11. The number of nitrogen functional groups attached to an aromatic ring is 1. The van der Waals surface area contributed by atoms with Crippen LogP contribution in [0.2, 0.25) is 5.02 Å². The van der Waals surface area contributed by atoms with Crippen LogP contribution in [0.1, 0.15) is 17.0 Å². The lowest BCUT2D eigenvalue weighted by molar-refractivity contribution is 0.659. The standard InChI is InChI=1S/C22H20ClN5/c1-14-19(15(2)28(27-14)12-16-6-4-3-5-7-16)21-20(22(24)26-13-25-21)17-8-10-18(23)11-9-17/h3-11,13H,12H2,1-2H3,(H2,24,25,26). The Bertz CT molecular complexity index is 1120. The Morgan fingerprint density at radius 2 is 1.64 bits per heavy atom. The van der Waals surface area contributed by atoms with E-state index in [1.54, 1.807) is 0 Å². The number of rotatable bonds is 4. The number of hydrogen-bond acceptors (Lipinski definition) is 4. The van der Waals surface area contributed by atoms with Crippen molar-refractivity contribution in [2.24, 2.45) is 0 Å². The number of nitrogens with zero attached hydrogens (tertiary/aromatic N) is 4. The van der Waals surface area contributed by atoms with Gasteiger partial charge < -0.3 is 5.73 Å². The van der Waals surface area contributed by atoms with Crippen LogP contribution in [-0.4, -0.2) is 19.7 Å². The number of hydrogen-bond donors (Lipinski definition) is 1. The van der Waals surface area contributed by atoms with Crippen LogP contribution in [-0.2, 0) is 6.54 Å². The lowest BCUT2D eigenvalue weighted by atomic mass is 9.98. The van der Waals surface area contributed by atoms with E-state index in [2.05, 4.69) is 29.0 Å². The molecule has 0 amide bonds. The second kappa shape index (κ2) is 7.44. The fourth-order valence-electron chi connectivity index (χ4n) is 3.44. The van der Waals surface area contributed by atoms with Crippen LogP contribution in [0.5, 0.6) is 0 Å². The van der Waals surface area contributed by atoms with Crippen molar-refractivity contribution in [3.8, 4) is 22.4 Å². The van der Waals surface area contributed by atoms with Gasteiger partial charge in [0.2, 0.25) is 0 Å². The van der Waals surface area contributed by atoms with Crippen molar-refractivity contribution in [1.82, 2.24) is 19.7 Å². The molecule has 0 bridgehead atoms. The van der Waals surface area contributed by atoms with Gasteiger partial charge in [-0.25, -0.2) is 9.97 Å². The Morgan fingerprint density at radius 1 is 0.929 bits per heavy atom. The molecule has 6 heteroatoms. The average Bonchev–Trinajstić information content (AvgIpc) is 2.96. The summed E-state index contributed by atoms with van der Waals surface area (Å²) >= 11 is 6.05. The van der Waals surface area contributed by atoms with E-state index in [0.717, 1.165) is 33.8 Å². The van der Waals surface area contributed by atoms with E-state index in [4.69, 9.17) is 22.4 Å². The van der Waals surface area contributed by atoms with E-state index in [9.17, 15) is 0 Å². The molecule has 2 heterocycles. The van der Waals surface area contributed by atoms with E-state index < -0.39 is 0 Å². The third-order valence-corrected chi connectivity index (χ3v) is 5.05. The van der Waals surface area contributed by atoms with E-state index in [-0.39, 0.29) is 0 Å². The molecule has 0 atom stereocenters. The molecule has 5 nitrogen and oxygen atoms in total. The molecule has 0 radical (unpaired) electrons. The first kappa shape index (κ1) is 18.2. The fourth-order valence-corrected chi connectivity index (χ4v) is 3.57. The Kier molecular flexibility index (Phi) is 4.84. The van der Waals surface area contributed by atoms with Crippen LogP contribution < -0.4 is 5.73 Å². The summed E-state index contributed by atoms with van der Waals surface area (Å²) in [5.74, 6) is 0.432. The van der Waals surface area contributed by atoms with E-state index in [1.807, 2.05) is 54.1 Å². The summed E-state index contributed by atoms with van der Waals surface area (Å²) in [5, 5.41) is 5.42. The van der Waals surface area contributed by atoms with Crippen LogP contribution in [0.25, 0.3) is 22.4 Å². The van der Waals surface area contributed by atoms with Crippen molar-refractivity contribution in [1.29, 1.82) is 0 Å². The highest BCUT2D eigenvalue weighted by atomic mass is 35.5. The number of halogens is 1. The lowest BCUT2D eigenvalue weighted by Crippen LogP contribution is -2.04. The summed E-state index contributed by atoms with van der Waals surface area (Å²) in [4.78, 5) is 8.78. The molecule has 0 spiro atoms. The van der Waals surface area contributed by atoms with Crippen molar-refractivity contribution >= 4 is 17.4 Å². The number of nitrogens with two attached hydrogens (primary N) is 1. The predicted molar refractivity (Wildman–Crippen MR) is 113 cm³/mol. The van der Waals surface area contributed by atoms with E-state index in [1.165, 1.54) is 11.9 Å². The molecule has 0 unspecified atom stereocenters. The zero-order valence-electron chi connectivity index (χ0n) is 15.7. The van der Waals surface area contributed by atoms with Gasteiger partial charge in [0.05, 0.1) is 23.5 Å². The molecule has 2 aromatic heterocycles. The lowest BCUT2D eigenvalue weighted by Gasteiger charge is -2.12. The molecular formula is C22H20ClN5. The van der Waals surface area contributed by atoms with Crippen LogP contribution in [0, 0.1) is 13.8 Å². The maximum Gasteiger partial charge on any atom is 0.135 e. The fraction of sp³-hybridized carbons (Fsp3) is 0.136. The molecule has 0 aliphatic rings. The summed E-state index contributed by atoms with van der Waals surface area (Å²) in [7, 11) is 0. The Hall–Kier alpha value is -3.18. The topological polar surface area (TPSA) is 69.6 Å². The van der Waals surface area contributed by atoms with Gasteiger partial charge in [-0.05, 0) is 37.1 Å². The number of anilines is 1. The predicted octanol–water partition coefficient (Wildman–Crippen LogP) is 4.91. The minimum Gasteiger partial charge on any atom is -0.383 e. The summed E-state index contributed by atoms with van der Waals surface area (Å²) in [6.07, 6.45) is 1.50. The first-order chi connectivity index (χ1) is 13.5. The molecular weight excluding hydrogens is 370 g/mol. The first-order valence-electron chi connectivity index (χ1n) is 8.99. The molecule has 2 aromatic carbocycles. The first-order valence-corrected chi connectivity index (χ1v) is 9.37. The van der Waals surface area contributed by atoms with Gasteiger partial charge in [0.25, 0.3) is 0 Å². The minimum atomic E-state index is 0.432. The highest BCUT2D eigenvalue weighted by Crippen LogP contribution is 2.37. The maximum atomic E-state index is 6.25. The van der Waals surface area contributed by atoms with Gasteiger partial charge in [-0.1, -0.05) is 54.1 Å². The molecule has 4 aromatic rings. The van der Waals surface area contributed by atoms with Crippen molar-refractivity contribution in [2.45, 2.75) is 20.4 Å². The summed E-state index contributed by atoms with van der Waals surface area (Å²) in [6, 6.07) is 17.8. The van der Waals surface area contributed by atoms with Crippen molar-refractivity contribution in [2.75, 3.05) is 5.73 Å². The Balaban J connectivity index is 1.84. The molecule has 140 valence electrons. The third kappa shape index (κ3) is 3.37. The summed E-state index contributed by atoms with van der Waals surface area (Å²) in [5.41, 5.74) is 12.9. The quantitative estimate of drug-likeness (QED) is 0.538. The molecule has 2 N–H and O–H groups in total. The van der Waals surface area contributed by atoms with E-state index in [0.29, 0.717) is 17.4 Å². The Morgan fingerprint density at radius 3 is 2.36 bits per heavy atom. The van der Waals surface area contributed by atoms with Gasteiger partial charge in [-0.3, -0.25) is 4.68 Å². The van der Waals surface area contributed by atoms with Gasteiger partial charge in [-0.2, -0.15) is 5.10 Å². The van der Waals surface area contributed by atoms with Crippen molar-refractivity contribution in [3.05, 3.63) is 82.9 Å². The highest BCUT2D eigenvalue weighted by molar-refractivity contribution is 6.30. The van der Waals surface area contributed by atoms with Gasteiger partial charge in [0, 0.05) is 16.3 Å². The number of benzene rings is 2. The van der Waals surface area contributed by atoms with Crippen LogP contribution in [0.4, 0.5) is 5.82 Å². The highest BCUT2D eigenvalue weighted by Gasteiger charge is 2.21. The SMILES string of the molecule is Cc1nn(Cc2ccccc2)c(C)c1-c1ncnc(N)c1-c1ccc(Cl)cc1. The van der Waals surface area contributed by atoms with Gasteiger partial charge >= 0.3 is 0 Å². The Labute approximate surface area is 168 Å². The van der Waals surface area contributed by atoms with Crippen LogP contribution in [0.3, 0.4) is 0 Å². The monoisotopic (exact) mass is 389 g/mol. The zero-order valence-corrected chi connectivity index (χ0v) is 16.5. The minimum absolute atomic E-state index is 0.432. The molecule has 4 rings (SSSR count). The largest absolute Gasteiger partial charge is 0.383 e. The second-order valence-electron chi connectivity index (χ2n) is 6.68. The van der Waals surface area contributed by atoms with E-state index >= 15 is 0 Å². The molecule has 0 aliphatic carbocycles. The van der Waals surface area contributed by atoms with Crippen molar-refractivity contribution in [3.63, 3.8) is 0 Å². The zero-order chi connectivity index (χ0) is 19.7. The van der Waals surface area contributed by atoms with Crippen LogP contribution >= 0.6 is 11.6 Å². The van der Waals surface area contributed by atoms with Crippen LogP contribution in [0.15, 0.2) is 60.9 Å². The molecule has 0 aliphatic heterocycles. The van der Waals surface area contributed by atoms with Crippen molar-refractivity contribution < 1.29 is 0 Å². The molecule has 0 fully saturated rings. The molecule has 0 saturated carbocycles. The molecule has 28 heavy (non-hydrogen) atoms. The number of aromatic nitrogens is 4.